The van der Waals surface area contributed by atoms with Crippen LogP contribution < -0.4 is 5.32 Å². The summed E-state index contributed by atoms with van der Waals surface area (Å²) in [5.74, 6) is 0. The SMILES string of the molecule is CCCNCC1(Cc2c(Br)c(C)nn2C)CCCOC1. The van der Waals surface area contributed by atoms with E-state index in [0.717, 1.165) is 49.3 Å². The van der Waals surface area contributed by atoms with Crippen LogP contribution in [0.1, 0.15) is 37.6 Å². The minimum Gasteiger partial charge on any atom is -0.381 e. The van der Waals surface area contributed by atoms with Gasteiger partial charge in [-0.25, -0.2) is 0 Å². The molecule has 1 atom stereocenters. The van der Waals surface area contributed by atoms with Crippen LogP contribution >= 0.6 is 15.9 Å². The molecule has 0 aliphatic carbocycles. The Morgan fingerprint density at radius 3 is 2.85 bits per heavy atom. The van der Waals surface area contributed by atoms with Gasteiger partial charge in [0.05, 0.1) is 22.5 Å². The van der Waals surface area contributed by atoms with Gasteiger partial charge in [0.1, 0.15) is 0 Å². The highest BCUT2D eigenvalue weighted by Crippen LogP contribution is 2.34. The molecule has 1 aromatic heterocycles. The summed E-state index contributed by atoms with van der Waals surface area (Å²) in [5, 5.41) is 8.10. The predicted octanol–water partition coefficient (Wildman–Crippen LogP) is 2.83. The van der Waals surface area contributed by atoms with Gasteiger partial charge in [-0.05, 0) is 55.1 Å². The smallest absolute Gasteiger partial charge is 0.0738 e. The molecule has 1 aliphatic rings. The first-order valence-corrected chi connectivity index (χ1v) is 8.34. The molecule has 20 heavy (non-hydrogen) atoms. The topological polar surface area (TPSA) is 39.1 Å². The van der Waals surface area contributed by atoms with Crippen molar-refractivity contribution in [2.45, 2.75) is 39.5 Å². The van der Waals surface area contributed by atoms with E-state index < -0.39 is 0 Å². The van der Waals surface area contributed by atoms with Crippen LogP contribution in [0.3, 0.4) is 0 Å². The summed E-state index contributed by atoms with van der Waals surface area (Å²) in [6.07, 6.45) is 4.57. The molecule has 4 nitrogen and oxygen atoms in total. The molecule has 1 saturated heterocycles. The standard InChI is InChI=1S/C15H26BrN3O/c1-4-7-17-10-15(6-5-8-20-11-15)9-13-14(16)12(2)18-19(13)3/h17H,4-11H2,1-3H3. The zero-order valence-electron chi connectivity index (χ0n) is 12.8. The molecule has 0 saturated carbocycles. The highest BCUT2D eigenvalue weighted by molar-refractivity contribution is 9.10. The largest absolute Gasteiger partial charge is 0.381 e. The summed E-state index contributed by atoms with van der Waals surface area (Å²) in [7, 11) is 2.03. The monoisotopic (exact) mass is 343 g/mol. The van der Waals surface area contributed by atoms with Crippen molar-refractivity contribution in [3.8, 4) is 0 Å². The van der Waals surface area contributed by atoms with E-state index in [2.05, 4.69) is 33.3 Å². The molecule has 2 rings (SSSR count). The van der Waals surface area contributed by atoms with E-state index in [1.165, 1.54) is 18.5 Å². The van der Waals surface area contributed by atoms with E-state index in [-0.39, 0.29) is 5.41 Å². The molecular weight excluding hydrogens is 318 g/mol. The van der Waals surface area contributed by atoms with Crippen molar-refractivity contribution in [1.82, 2.24) is 15.1 Å². The Labute approximate surface area is 130 Å². The van der Waals surface area contributed by atoms with Crippen molar-refractivity contribution in [3.63, 3.8) is 0 Å². The van der Waals surface area contributed by atoms with Crippen molar-refractivity contribution in [3.05, 3.63) is 15.9 Å². The zero-order valence-corrected chi connectivity index (χ0v) is 14.4. The van der Waals surface area contributed by atoms with E-state index in [1.54, 1.807) is 0 Å². The van der Waals surface area contributed by atoms with Crippen molar-refractivity contribution in [2.75, 3.05) is 26.3 Å². The molecule has 1 aliphatic heterocycles. The number of nitrogens with one attached hydrogen (secondary N) is 1. The number of nitrogens with zero attached hydrogens (tertiary/aromatic N) is 2. The van der Waals surface area contributed by atoms with Crippen molar-refractivity contribution >= 4 is 15.9 Å². The third kappa shape index (κ3) is 3.62. The second-order valence-electron chi connectivity index (χ2n) is 5.98. The molecule has 0 radical (unpaired) electrons. The Kier molecular flexibility index (Phi) is 5.64. The van der Waals surface area contributed by atoms with E-state index >= 15 is 0 Å². The summed E-state index contributed by atoms with van der Waals surface area (Å²) in [5.41, 5.74) is 2.55. The number of ether oxygens (including phenoxy) is 1. The van der Waals surface area contributed by atoms with E-state index in [0.29, 0.717) is 0 Å². The van der Waals surface area contributed by atoms with Gasteiger partial charge in [-0.3, -0.25) is 4.68 Å². The van der Waals surface area contributed by atoms with E-state index in [4.69, 9.17) is 4.74 Å². The average molecular weight is 344 g/mol. The van der Waals surface area contributed by atoms with Crippen LogP contribution in [0.25, 0.3) is 0 Å². The Balaban J connectivity index is 2.14. The molecule has 1 fully saturated rings. The maximum absolute atomic E-state index is 5.79. The van der Waals surface area contributed by atoms with Gasteiger partial charge in [0.25, 0.3) is 0 Å². The number of halogens is 1. The molecular formula is C15H26BrN3O. The molecule has 1 unspecified atom stereocenters. The Hall–Kier alpha value is -0.390. The fourth-order valence-electron chi connectivity index (χ4n) is 3.01. The fraction of sp³-hybridized carbons (Fsp3) is 0.800. The summed E-state index contributed by atoms with van der Waals surface area (Å²) < 4.78 is 8.95. The summed E-state index contributed by atoms with van der Waals surface area (Å²) >= 11 is 3.69. The van der Waals surface area contributed by atoms with Crippen LogP contribution in [0.2, 0.25) is 0 Å². The van der Waals surface area contributed by atoms with Gasteiger partial charge < -0.3 is 10.1 Å². The van der Waals surface area contributed by atoms with Gasteiger partial charge in [0.15, 0.2) is 0 Å². The second kappa shape index (κ2) is 7.05. The minimum atomic E-state index is 0.205. The van der Waals surface area contributed by atoms with Gasteiger partial charge in [0, 0.05) is 25.6 Å². The lowest BCUT2D eigenvalue weighted by atomic mass is 9.78. The van der Waals surface area contributed by atoms with Crippen LogP contribution in [0.15, 0.2) is 4.47 Å². The highest BCUT2D eigenvalue weighted by atomic mass is 79.9. The molecule has 1 aromatic rings. The molecule has 0 spiro atoms. The summed E-state index contributed by atoms with van der Waals surface area (Å²) in [6.45, 7) is 8.11. The normalized spacial score (nSPS) is 23.2. The predicted molar refractivity (Wildman–Crippen MR) is 85.0 cm³/mol. The van der Waals surface area contributed by atoms with Crippen molar-refractivity contribution < 1.29 is 4.74 Å². The van der Waals surface area contributed by atoms with Crippen molar-refractivity contribution in [2.24, 2.45) is 12.5 Å². The summed E-state index contributed by atoms with van der Waals surface area (Å²) in [6, 6.07) is 0. The van der Waals surface area contributed by atoms with Gasteiger partial charge >= 0.3 is 0 Å². The lowest BCUT2D eigenvalue weighted by molar-refractivity contribution is -0.00804. The molecule has 0 aromatic carbocycles. The first-order chi connectivity index (χ1) is 9.58. The second-order valence-corrected chi connectivity index (χ2v) is 6.77. The number of hydrogen-bond donors (Lipinski definition) is 1. The maximum atomic E-state index is 5.79. The molecule has 0 amide bonds. The fourth-order valence-corrected chi connectivity index (χ4v) is 3.49. The first kappa shape index (κ1) is 16.0. The number of hydrogen-bond acceptors (Lipinski definition) is 3. The molecule has 2 heterocycles. The number of aromatic nitrogens is 2. The molecule has 114 valence electrons. The van der Waals surface area contributed by atoms with Gasteiger partial charge in [-0.15, -0.1) is 0 Å². The van der Waals surface area contributed by atoms with Crippen LogP contribution in [0.5, 0.6) is 0 Å². The molecule has 0 bridgehead atoms. The summed E-state index contributed by atoms with van der Waals surface area (Å²) in [4.78, 5) is 0. The van der Waals surface area contributed by atoms with Gasteiger partial charge in [-0.1, -0.05) is 6.92 Å². The van der Waals surface area contributed by atoms with Gasteiger partial charge in [0.2, 0.25) is 0 Å². The third-order valence-corrected chi connectivity index (χ3v) is 5.17. The highest BCUT2D eigenvalue weighted by Gasteiger charge is 2.34. The van der Waals surface area contributed by atoms with Crippen LogP contribution in [0.4, 0.5) is 0 Å². The molecule has 5 heteroatoms. The van der Waals surface area contributed by atoms with E-state index in [1.807, 2.05) is 18.7 Å². The molecule has 1 N–H and O–H groups in total. The lowest BCUT2D eigenvalue weighted by Gasteiger charge is -2.37. The van der Waals surface area contributed by atoms with E-state index in [9.17, 15) is 0 Å². The quantitative estimate of drug-likeness (QED) is 0.807. The van der Waals surface area contributed by atoms with Crippen LogP contribution in [-0.4, -0.2) is 36.1 Å². The third-order valence-electron chi connectivity index (χ3n) is 4.13. The Morgan fingerprint density at radius 2 is 2.30 bits per heavy atom. The Morgan fingerprint density at radius 1 is 1.50 bits per heavy atom. The first-order valence-electron chi connectivity index (χ1n) is 7.54. The van der Waals surface area contributed by atoms with Crippen LogP contribution in [-0.2, 0) is 18.2 Å². The zero-order chi connectivity index (χ0) is 14.6. The van der Waals surface area contributed by atoms with Gasteiger partial charge in [-0.2, -0.15) is 5.10 Å². The number of rotatable bonds is 6. The average Bonchev–Trinajstić information content (AvgIpc) is 2.67. The number of aryl methyl sites for hydroxylation is 2. The minimum absolute atomic E-state index is 0.205. The lowest BCUT2D eigenvalue weighted by Crippen LogP contribution is -2.43. The maximum Gasteiger partial charge on any atom is 0.0738 e. The van der Waals surface area contributed by atoms with Crippen LogP contribution in [0, 0.1) is 12.3 Å². The van der Waals surface area contributed by atoms with Crippen molar-refractivity contribution in [1.29, 1.82) is 0 Å². The Bertz CT molecular complexity index is 439.